The van der Waals surface area contributed by atoms with Crippen LogP contribution in [0.3, 0.4) is 0 Å². The lowest BCUT2D eigenvalue weighted by Gasteiger charge is -2.12. The fraction of sp³-hybridized carbons (Fsp3) is 0.0435. The zero-order valence-electron chi connectivity index (χ0n) is 18.3. The van der Waals surface area contributed by atoms with Crippen molar-refractivity contribution in [3.63, 3.8) is 0 Å². The molecule has 0 saturated carbocycles. The van der Waals surface area contributed by atoms with Crippen molar-refractivity contribution in [2.75, 3.05) is 17.6 Å². The summed E-state index contributed by atoms with van der Waals surface area (Å²) in [6.07, 6.45) is 4.74. The number of hydrogen-bond donors (Lipinski definition) is 2. The van der Waals surface area contributed by atoms with E-state index < -0.39 is 27.2 Å². The zero-order chi connectivity index (χ0) is 25.9. The zero-order valence-corrected chi connectivity index (χ0v) is 19.9. The summed E-state index contributed by atoms with van der Waals surface area (Å²) in [5.41, 5.74) is 5.46. The van der Waals surface area contributed by atoms with Gasteiger partial charge < -0.3 is 10.5 Å². The molecule has 182 valence electrons. The Hall–Kier alpha value is -4.34. The highest BCUT2D eigenvalue weighted by Crippen LogP contribution is 2.28. The Balaban J connectivity index is 1.62. The van der Waals surface area contributed by atoms with Crippen LogP contribution in [-0.2, 0) is 10.0 Å². The summed E-state index contributed by atoms with van der Waals surface area (Å²) in [6, 6.07) is 6.80. The van der Waals surface area contributed by atoms with Gasteiger partial charge in [-0.1, -0.05) is 35.6 Å². The third-order valence-corrected chi connectivity index (χ3v) is 6.24. The Bertz CT molecular complexity index is 1610. The Morgan fingerprint density at radius 2 is 1.69 bits per heavy atom. The summed E-state index contributed by atoms with van der Waals surface area (Å²) in [4.78, 5) is 14.9. The van der Waals surface area contributed by atoms with E-state index in [9.17, 15) is 12.8 Å². The van der Waals surface area contributed by atoms with Gasteiger partial charge in [-0.2, -0.15) is 0 Å². The van der Waals surface area contributed by atoms with E-state index in [-0.39, 0.29) is 38.7 Å². The predicted molar refractivity (Wildman–Crippen MR) is 129 cm³/mol. The van der Waals surface area contributed by atoms with Gasteiger partial charge in [0.05, 0.1) is 23.9 Å². The molecule has 4 aromatic rings. The first-order valence-corrected chi connectivity index (χ1v) is 11.8. The normalized spacial score (nSPS) is 10.9. The van der Waals surface area contributed by atoms with E-state index in [4.69, 9.17) is 22.1 Å². The molecule has 4 rings (SSSR count). The number of hydrogen-bond acceptors (Lipinski definition) is 8. The van der Waals surface area contributed by atoms with E-state index in [0.717, 1.165) is 6.20 Å². The number of pyridine rings is 2. The molecular formula is C23H15ClF2N6O3S. The van der Waals surface area contributed by atoms with Crippen molar-refractivity contribution in [2.24, 2.45) is 0 Å². The van der Waals surface area contributed by atoms with Crippen LogP contribution in [0.2, 0.25) is 5.02 Å². The van der Waals surface area contributed by atoms with Crippen LogP contribution in [0.25, 0.3) is 11.3 Å². The van der Waals surface area contributed by atoms with Gasteiger partial charge in [-0.15, -0.1) is 0 Å². The molecule has 0 unspecified atom stereocenters. The SMILES string of the molecule is COc1ncc(Cl)cc1S(=O)(=O)Nc1ccc(-c2ncc(F)c(C#Cc3cnc(N)nc3)c2F)cc1. The maximum atomic E-state index is 15.1. The van der Waals surface area contributed by atoms with Crippen LogP contribution < -0.4 is 15.2 Å². The number of sulfonamides is 1. The number of aromatic nitrogens is 4. The van der Waals surface area contributed by atoms with E-state index >= 15 is 4.39 Å². The second kappa shape index (κ2) is 10.1. The Labute approximate surface area is 209 Å². The van der Waals surface area contributed by atoms with E-state index in [1.54, 1.807) is 0 Å². The average Bonchev–Trinajstić information content (AvgIpc) is 2.85. The molecule has 0 bridgehead atoms. The molecule has 0 aliphatic heterocycles. The number of benzene rings is 1. The third kappa shape index (κ3) is 5.32. The molecular weight excluding hydrogens is 514 g/mol. The number of halogens is 3. The molecule has 3 N–H and O–H groups in total. The molecule has 0 amide bonds. The van der Waals surface area contributed by atoms with Crippen molar-refractivity contribution >= 4 is 33.3 Å². The predicted octanol–water partition coefficient (Wildman–Crippen LogP) is 3.66. The van der Waals surface area contributed by atoms with Gasteiger partial charge in [0, 0.05) is 29.8 Å². The van der Waals surface area contributed by atoms with Crippen molar-refractivity contribution < 1.29 is 21.9 Å². The molecule has 3 aromatic heterocycles. The quantitative estimate of drug-likeness (QED) is 0.375. The molecule has 0 spiro atoms. The number of nitrogens with one attached hydrogen (secondary N) is 1. The monoisotopic (exact) mass is 528 g/mol. The number of methoxy groups -OCH3 is 1. The summed E-state index contributed by atoms with van der Waals surface area (Å²) in [5, 5.41) is 0.104. The van der Waals surface area contributed by atoms with Crippen LogP contribution in [0.1, 0.15) is 11.1 Å². The largest absolute Gasteiger partial charge is 0.480 e. The van der Waals surface area contributed by atoms with Gasteiger partial charge in [-0.25, -0.2) is 32.2 Å². The van der Waals surface area contributed by atoms with Gasteiger partial charge in [0.25, 0.3) is 10.0 Å². The summed E-state index contributed by atoms with van der Waals surface area (Å²) in [7, 11) is -2.84. The van der Waals surface area contributed by atoms with Crippen LogP contribution in [0.15, 0.2) is 60.0 Å². The van der Waals surface area contributed by atoms with Crippen LogP contribution >= 0.6 is 11.6 Å². The van der Waals surface area contributed by atoms with E-state index in [0.29, 0.717) is 5.56 Å². The van der Waals surface area contributed by atoms with Gasteiger partial charge >= 0.3 is 0 Å². The van der Waals surface area contributed by atoms with Crippen LogP contribution in [0, 0.1) is 23.5 Å². The number of anilines is 2. The topological polar surface area (TPSA) is 133 Å². The van der Waals surface area contributed by atoms with Crippen molar-refractivity contribution in [2.45, 2.75) is 4.90 Å². The van der Waals surface area contributed by atoms with Crippen LogP contribution in [0.5, 0.6) is 5.88 Å². The fourth-order valence-electron chi connectivity index (χ4n) is 2.98. The van der Waals surface area contributed by atoms with E-state index in [1.807, 2.05) is 0 Å². The Kier molecular flexibility index (Phi) is 6.96. The minimum atomic E-state index is -4.11. The number of nitrogens with zero attached hydrogens (tertiary/aromatic N) is 4. The summed E-state index contributed by atoms with van der Waals surface area (Å²) >= 11 is 5.87. The Morgan fingerprint density at radius 1 is 1.00 bits per heavy atom. The molecule has 0 aliphatic rings. The van der Waals surface area contributed by atoms with Crippen molar-refractivity contribution in [3.05, 3.63) is 82.9 Å². The molecule has 9 nitrogen and oxygen atoms in total. The molecule has 0 radical (unpaired) electrons. The highest BCUT2D eigenvalue weighted by Gasteiger charge is 2.22. The molecule has 1 aromatic carbocycles. The van der Waals surface area contributed by atoms with Crippen molar-refractivity contribution in [1.29, 1.82) is 0 Å². The minimum absolute atomic E-state index is 0.0400. The minimum Gasteiger partial charge on any atom is -0.480 e. The molecule has 13 heteroatoms. The second-order valence-corrected chi connectivity index (χ2v) is 9.15. The number of nitrogens with two attached hydrogens (primary N) is 1. The second-order valence-electron chi connectivity index (χ2n) is 7.07. The maximum Gasteiger partial charge on any atom is 0.267 e. The molecule has 0 saturated heterocycles. The standard InChI is InChI=1S/C23H15ClF2N6O3S/c1-35-22-19(8-15(24)11-29-22)36(33,34)32-16-5-3-14(4-6-16)21-20(26)17(18(25)12-28-21)7-2-13-9-30-23(27)31-10-13/h3-6,8-12,32H,1H3,(H2,27,30,31). The van der Waals surface area contributed by atoms with Gasteiger partial charge in [0.1, 0.15) is 11.3 Å². The van der Waals surface area contributed by atoms with Crippen molar-refractivity contribution in [3.8, 4) is 29.0 Å². The number of ether oxygens (including phenoxy) is 1. The smallest absolute Gasteiger partial charge is 0.267 e. The lowest BCUT2D eigenvalue weighted by molar-refractivity contribution is 0.385. The van der Waals surface area contributed by atoms with Gasteiger partial charge in [0.15, 0.2) is 16.5 Å². The molecule has 0 fully saturated rings. The van der Waals surface area contributed by atoms with Crippen molar-refractivity contribution in [1.82, 2.24) is 19.9 Å². The lowest BCUT2D eigenvalue weighted by Crippen LogP contribution is -2.14. The number of nitrogen functional groups attached to an aromatic ring is 1. The first kappa shape index (κ1) is 24.8. The summed E-state index contributed by atoms with van der Waals surface area (Å²) in [6.45, 7) is 0. The van der Waals surface area contributed by atoms with Crippen LogP contribution in [0.4, 0.5) is 20.4 Å². The summed E-state index contributed by atoms with van der Waals surface area (Å²) < 4.78 is 62.3. The van der Waals surface area contributed by atoms with Gasteiger partial charge in [-0.05, 0) is 18.2 Å². The average molecular weight is 529 g/mol. The first-order chi connectivity index (χ1) is 17.2. The van der Waals surface area contributed by atoms with E-state index in [2.05, 4.69) is 36.5 Å². The fourth-order valence-corrected chi connectivity index (χ4v) is 4.41. The first-order valence-electron chi connectivity index (χ1n) is 9.94. The molecule has 36 heavy (non-hydrogen) atoms. The highest BCUT2D eigenvalue weighted by atomic mass is 35.5. The third-order valence-electron chi connectivity index (χ3n) is 4.66. The molecule has 3 heterocycles. The highest BCUT2D eigenvalue weighted by molar-refractivity contribution is 7.92. The number of rotatable bonds is 5. The van der Waals surface area contributed by atoms with E-state index in [1.165, 1.54) is 56.0 Å². The van der Waals surface area contributed by atoms with Crippen LogP contribution in [-0.4, -0.2) is 35.5 Å². The molecule has 0 aliphatic carbocycles. The lowest BCUT2D eigenvalue weighted by atomic mass is 10.1. The van der Waals surface area contributed by atoms with Gasteiger partial charge in [0.2, 0.25) is 11.8 Å². The van der Waals surface area contributed by atoms with Gasteiger partial charge in [-0.3, -0.25) is 9.71 Å². The molecule has 0 atom stereocenters. The maximum absolute atomic E-state index is 15.1. The summed E-state index contributed by atoms with van der Waals surface area (Å²) in [5.74, 6) is 2.96. The Morgan fingerprint density at radius 3 is 2.36 bits per heavy atom.